The first-order chi connectivity index (χ1) is 9.67. The van der Waals surface area contributed by atoms with Gasteiger partial charge in [-0.05, 0) is 38.8 Å². The van der Waals surface area contributed by atoms with Crippen molar-refractivity contribution in [2.75, 3.05) is 25.1 Å². The van der Waals surface area contributed by atoms with E-state index in [2.05, 4.69) is 5.32 Å². The van der Waals surface area contributed by atoms with Gasteiger partial charge in [-0.15, -0.1) is 0 Å². The van der Waals surface area contributed by atoms with E-state index in [1.54, 1.807) is 0 Å². The molecule has 1 aromatic carbocycles. The number of carboxylic acids is 1. The molecule has 0 amide bonds. The minimum Gasteiger partial charge on any atom is -0.494 e. The van der Waals surface area contributed by atoms with Crippen molar-refractivity contribution in [3.05, 3.63) is 18.2 Å². The number of hydrogen-bond donors (Lipinski definition) is 2. The summed E-state index contributed by atoms with van der Waals surface area (Å²) in [5, 5.41) is 11.9. The maximum atomic E-state index is 10.4. The van der Waals surface area contributed by atoms with Crippen LogP contribution >= 0.6 is 0 Å². The van der Waals surface area contributed by atoms with Gasteiger partial charge in [-0.3, -0.25) is 4.79 Å². The monoisotopic (exact) mass is 281 g/mol. The van der Waals surface area contributed by atoms with Crippen molar-refractivity contribution in [2.45, 2.75) is 33.1 Å². The zero-order chi connectivity index (χ0) is 14.8. The van der Waals surface area contributed by atoms with Crippen molar-refractivity contribution in [2.24, 2.45) is 0 Å². The fraction of sp³-hybridized carbons (Fsp3) is 0.533. The average Bonchev–Trinajstić information content (AvgIpc) is 2.41. The molecule has 1 rings (SSSR count). The van der Waals surface area contributed by atoms with Crippen molar-refractivity contribution < 1.29 is 19.4 Å². The average molecular weight is 281 g/mol. The van der Waals surface area contributed by atoms with Crippen molar-refractivity contribution in [1.82, 2.24) is 0 Å². The fourth-order valence-electron chi connectivity index (χ4n) is 1.81. The van der Waals surface area contributed by atoms with Gasteiger partial charge in [-0.25, -0.2) is 0 Å². The van der Waals surface area contributed by atoms with Crippen LogP contribution in [0, 0.1) is 0 Å². The molecular formula is C15H23NO4. The molecule has 0 atom stereocenters. The zero-order valence-electron chi connectivity index (χ0n) is 12.1. The van der Waals surface area contributed by atoms with E-state index in [1.165, 1.54) is 0 Å². The molecule has 0 fully saturated rings. The van der Waals surface area contributed by atoms with E-state index >= 15 is 0 Å². The summed E-state index contributed by atoms with van der Waals surface area (Å²) in [6.07, 6.45) is 1.67. The lowest BCUT2D eigenvalue weighted by atomic mass is 10.2. The van der Waals surface area contributed by atoms with Crippen LogP contribution in [-0.2, 0) is 4.79 Å². The second-order valence-corrected chi connectivity index (χ2v) is 4.30. The highest BCUT2D eigenvalue weighted by Crippen LogP contribution is 2.29. The van der Waals surface area contributed by atoms with Crippen LogP contribution in [0.2, 0.25) is 0 Å². The molecular weight excluding hydrogens is 258 g/mol. The predicted molar refractivity (Wildman–Crippen MR) is 78.8 cm³/mol. The Labute approximate surface area is 119 Å². The number of ether oxygens (including phenoxy) is 2. The van der Waals surface area contributed by atoms with Crippen LogP contribution in [0.25, 0.3) is 0 Å². The Bertz CT molecular complexity index is 420. The van der Waals surface area contributed by atoms with E-state index in [1.807, 2.05) is 32.0 Å². The largest absolute Gasteiger partial charge is 0.494 e. The van der Waals surface area contributed by atoms with Crippen molar-refractivity contribution in [1.29, 1.82) is 0 Å². The predicted octanol–water partition coefficient (Wildman–Crippen LogP) is 3.15. The maximum absolute atomic E-state index is 10.4. The number of nitrogens with one attached hydrogen (secondary N) is 1. The molecule has 112 valence electrons. The molecule has 0 bridgehead atoms. The molecule has 0 radical (unpaired) electrons. The minimum atomic E-state index is -0.752. The topological polar surface area (TPSA) is 67.8 Å². The van der Waals surface area contributed by atoms with Crippen molar-refractivity contribution in [3.8, 4) is 11.5 Å². The Balaban J connectivity index is 2.55. The first-order valence-electron chi connectivity index (χ1n) is 7.02. The molecule has 0 unspecified atom stereocenters. The molecule has 5 nitrogen and oxygen atoms in total. The molecule has 2 N–H and O–H groups in total. The molecule has 1 aromatic rings. The lowest BCUT2D eigenvalue weighted by molar-refractivity contribution is -0.137. The molecule has 0 saturated heterocycles. The Kier molecular flexibility index (Phi) is 7.32. The number of aliphatic carboxylic acids is 1. The number of carbonyl (C=O) groups is 1. The highest BCUT2D eigenvalue weighted by Gasteiger charge is 2.05. The van der Waals surface area contributed by atoms with E-state index in [0.717, 1.165) is 23.6 Å². The van der Waals surface area contributed by atoms with E-state index in [4.69, 9.17) is 14.6 Å². The summed E-state index contributed by atoms with van der Waals surface area (Å²) >= 11 is 0. The number of anilines is 1. The van der Waals surface area contributed by atoms with Crippen molar-refractivity contribution in [3.63, 3.8) is 0 Å². The lowest BCUT2D eigenvalue weighted by Gasteiger charge is -2.14. The molecule has 0 aliphatic carbocycles. The summed E-state index contributed by atoms with van der Waals surface area (Å²) in [7, 11) is 0. The summed E-state index contributed by atoms with van der Waals surface area (Å²) in [6.45, 7) is 5.80. The van der Waals surface area contributed by atoms with Gasteiger partial charge in [-0.1, -0.05) is 0 Å². The fourth-order valence-corrected chi connectivity index (χ4v) is 1.81. The number of carboxylic acid groups (broad SMARTS) is 1. The van der Waals surface area contributed by atoms with Gasteiger partial charge in [0, 0.05) is 19.0 Å². The standard InChI is InChI=1S/C15H23NO4/c1-3-19-12-8-9-14(20-4-2)13(11-12)16-10-6-5-7-15(17)18/h8-9,11,16H,3-7,10H2,1-2H3,(H,17,18). The highest BCUT2D eigenvalue weighted by molar-refractivity contribution is 5.66. The van der Waals surface area contributed by atoms with E-state index in [9.17, 15) is 4.79 Å². The summed E-state index contributed by atoms with van der Waals surface area (Å²) in [6, 6.07) is 5.67. The van der Waals surface area contributed by atoms with Crippen LogP contribution in [0.4, 0.5) is 5.69 Å². The molecule has 0 aliphatic heterocycles. The number of benzene rings is 1. The number of rotatable bonds is 10. The first-order valence-corrected chi connectivity index (χ1v) is 7.02. The Morgan fingerprint density at radius 2 is 1.95 bits per heavy atom. The van der Waals surface area contributed by atoms with Gasteiger partial charge >= 0.3 is 5.97 Å². The van der Waals surface area contributed by atoms with E-state index in [0.29, 0.717) is 26.2 Å². The number of unbranched alkanes of at least 4 members (excludes halogenated alkanes) is 1. The lowest BCUT2D eigenvalue weighted by Crippen LogP contribution is -2.06. The third-order valence-corrected chi connectivity index (χ3v) is 2.69. The Morgan fingerprint density at radius 3 is 2.60 bits per heavy atom. The van der Waals surface area contributed by atoms with Crippen LogP contribution in [0.5, 0.6) is 11.5 Å². The van der Waals surface area contributed by atoms with Gasteiger partial charge < -0.3 is 19.9 Å². The van der Waals surface area contributed by atoms with Gasteiger partial charge in [0.25, 0.3) is 0 Å². The Morgan fingerprint density at radius 1 is 1.20 bits per heavy atom. The second kappa shape index (κ2) is 9.07. The van der Waals surface area contributed by atoms with E-state index < -0.39 is 5.97 Å². The molecule has 0 saturated carbocycles. The van der Waals surface area contributed by atoms with Crippen molar-refractivity contribution >= 4 is 11.7 Å². The maximum Gasteiger partial charge on any atom is 0.303 e. The smallest absolute Gasteiger partial charge is 0.303 e. The van der Waals surface area contributed by atoms with E-state index in [-0.39, 0.29) is 6.42 Å². The van der Waals surface area contributed by atoms with Crippen LogP contribution in [0.15, 0.2) is 18.2 Å². The van der Waals surface area contributed by atoms with Crippen LogP contribution in [0.3, 0.4) is 0 Å². The summed E-state index contributed by atoms with van der Waals surface area (Å²) in [5.74, 6) is 0.830. The molecule has 0 aromatic heterocycles. The molecule has 0 spiro atoms. The van der Waals surface area contributed by atoms with Crippen LogP contribution in [0.1, 0.15) is 33.1 Å². The third kappa shape index (κ3) is 5.82. The van der Waals surface area contributed by atoms with Crippen LogP contribution < -0.4 is 14.8 Å². The zero-order valence-corrected chi connectivity index (χ0v) is 12.1. The SMILES string of the molecule is CCOc1ccc(OCC)c(NCCCCC(=O)O)c1. The number of hydrogen-bond acceptors (Lipinski definition) is 4. The molecule has 20 heavy (non-hydrogen) atoms. The molecule has 0 heterocycles. The highest BCUT2D eigenvalue weighted by atomic mass is 16.5. The summed E-state index contributed by atoms with van der Waals surface area (Å²) in [4.78, 5) is 10.4. The van der Waals surface area contributed by atoms with Gasteiger partial charge in [0.2, 0.25) is 0 Å². The summed E-state index contributed by atoms with van der Waals surface area (Å²) in [5.41, 5.74) is 0.883. The normalized spacial score (nSPS) is 10.1. The van der Waals surface area contributed by atoms with Gasteiger partial charge in [0.15, 0.2) is 0 Å². The molecule has 0 aliphatic rings. The van der Waals surface area contributed by atoms with Gasteiger partial charge in [0.05, 0.1) is 18.9 Å². The molecule has 5 heteroatoms. The van der Waals surface area contributed by atoms with Crippen LogP contribution in [-0.4, -0.2) is 30.8 Å². The second-order valence-electron chi connectivity index (χ2n) is 4.30. The third-order valence-electron chi connectivity index (χ3n) is 2.69. The van der Waals surface area contributed by atoms with Gasteiger partial charge in [0.1, 0.15) is 11.5 Å². The van der Waals surface area contributed by atoms with Gasteiger partial charge in [-0.2, -0.15) is 0 Å². The minimum absolute atomic E-state index is 0.207. The Hall–Kier alpha value is -1.91. The quantitative estimate of drug-likeness (QED) is 0.645. The summed E-state index contributed by atoms with van der Waals surface area (Å²) < 4.78 is 11.0. The first kappa shape index (κ1) is 16.1.